The number of aliphatic hydroxyl groups is 2. The third-order valence-corrected chi connectivity index (χ3v) is 2.78. The van der Waals surface area contributed by atoms with E-state index in [1.165, 1.54) is 0 Å². The number of ether oxygens (including phenoxy) is 1. The lowest BCUT2D eigenvalue weighted by Crippen LogP contribution is -2.43. The molecule has 0 atom stereocenters. The van der Waals surface area contributed by atoms with Crippen LogP contribution in [0.15, 0.2) is 0 Å². The summed E-state index contributed by atoms with van der Waals surface area (Å²) in [6, 6.07) is 0. The molecule has 100 valence electrons. The molecule has 0 bridgehead atoms. The van der Waals surface area contributed by atoms with Gasteiger partial charge in [0.25, 0.3) is 0 Å². The number of likely N-dealkylation sites (tertiary alicyclic amines) is 1. The minimum absolute atomic E-state index is 0.0250. The molecule has 3 N–H and O–H groups in total. The Hall–Kier alpha value is -0.690. The Balaban J connectivity index is 2.12. The highest BCUT2D eigenvalue weighted by Gasteiger charge is 2.20. The number of nitrogens with zero attached hydrogens (tertiary/aromatic N) is 1. The quantitative estimate of drug-likeness (QED) is 0.513. The Morgan fingerprint density at radius 1 is 1.29 bits per heavy atom. The number of piperidine rings is 1. The van der Waals surface area contributed by atoms with Gasteiger partial charge >= 0.3 is 0 Å². The van der Waals surface area contributed by atoms with E-state index in [4.69, 9.17) is 14.9 Å². The molecule has 0 aromatic heterocycles. The molecule has 6 heteroatoms. The molecule has 1 aliphatic heterocycles. The topological polar surface area (TPSA) is 82.0 Å². The van der Waals surface area contributed by atoms with Crippen molar-refractivity contribution in [1.29, 1.82) is 0 Å². The first-order valence-corrected chi connectivity index (χ1v) is 6.08. The van der Waals surface area contributed by atoms with E-state index >= 15 is 0 Å². The summed E-state index contributed by atoms with van der Waals surface area (Å²) in [6.45, 7) is 2.79. The fourth-order valence-corrected chi connectivity index (χ4v) is 1.91. The van der Waals surface area contributed by atoms with Gasteiger partial charge in [-0.05, 0) is 12.8 Å². The van der Waals surface area contributed by atoms with Crippen LogP contribution in [0.25, 0.3) is 0 Å². The number of amides is 1. The standard InChI is InChI=1S/C11H22N2O4/c14-6-3-12-11(16)9-13-4-1-10(2-5-13)17-8-7-15/h10,14-15H,1-9H2,(H,12,16). The third kappa shape index (κ3) is 5.97. The highest BCUT2D eigenvalue weighted by Crippen LogP contribution is 2.12. The summed E-state index contributed by atoms with van der Waals surface area (Å²) in [7, 11) is 0. The van der Waals surface area contributed by atoms with Gasteiger partial charge in [0, 0.05) is 19.6 Å². The van der Waals surface area contributed by atoms with Gasteiger partial charge in [-0.3, -0.25) is 9.69 Å². The van der Waals surface area contributed by atoms with Crippen molar-refractivity contribution in [2.75, 3.05) is 46.0 Å². The van der Waals surface area contributed by atoms with Gasteiger partial charge in [0.2, 0.25) is 5.91 Å². The molecule has 6 nitrogen and oxygen atoms in total. The Morgan fingerprint density at radius 3 is 2.59 bits per heavy atom. The minimum atomic E-state index is -0.0474. The molecule has 1 saturated heterocycles. The van der Waals surface area contributed by atoms with E-state index in [-0.39, 0.29) is 25.2 Å². The summed E-state index contributed by atoms with van der Waals surface area (Å²) in [5, 5.41) is 19.8. The van der Waals surface area contributed by atoms with Crippen LogP contribution in [-0.2, 0) is 9.53 Å². The number of carbonyl (C=O) groups is 1. The second kappa shape index (κ2) is 8.41. The van der Waals surface area contributed by atoms with Gasteiger partial charge in [0.1, 0.15) is 0 Å². The molecule has 0 aromatic carbocycles. The largest absolute Gasteiger partial charge is 0.395 e. The molecular formula is C11H22N2O4. The average molecular weight is 246 g/mol. The van der Waals surface area contributed by atoms with Crippen molar-refractivity contribution in [2.45, 2.75) is 18.9 Å². The predicted octanol–water partition coefficient (Wildman–Crippen LogP) is -1.43. The van der Waals surface area contributed by atoms with Crippen LogP contribution in [0.2, 0.25) is 0 Å². The van der Waals surface area contributed by atoms with E-state index < -0.39 is 0 Å². The normalized spacial score (nSPS) is 18.2. The van der Waals surface area contributed by atoms with Crippen LogP contribution in [0, 0.1) is 0 Å². The van der Waals surface area contributed by atoms with Gasteiger partial charge in [-0.2, -0.15) is 0 Å². The number of rotatable bonds is 7. The van der Waals surface area contributed by atoms with Gasteiger partial charge in [-0.15, -0.1) is 0 Å². The minimum Gasteiger partial charge on any atom is -0.395 e. The number of carbonyl (C=O) groups excluding carboxylic acids is 1. The summed E-state index contributed by atoms with van der Waals surface area (Å²) in [6.07, 6.45) is 2.00. The molecule has 1 amide bonds. The lowest BCUT2D eigenvalue weighted by molar-refractivity contribution is -0.123. The smallest absolute Gasteiger partial charge is 0.234 e. The maximum atomic E-state index is 11.4. The molecular weight excluding hydrogens is 224 g/mol. The Kier molecular flexibility index (Phi) is 7.11. The zero-order valence-electron chi connectivity index (χ0n) is 10.1. The zero-order valence-corrected chi connectivity index (χ0v) is 10.1. The van der Waals surface area contributed by atoms with E-state index in [9.17, 15) is 4.79 Å². The van der Waals surface area contributed by atoms with Crippen molar-refractivity contribution in [2.24, 2.45) is 0 Å². The first-order valence-electron chi connectivity index (χ1n) is 6.08. The zero-order chi connectivity index (χ0) is 12.5. The first-order chi connectivity index (χ1) is 8.26. The second-order valence-electron chi connectivity index (χ2n) is 4.14. The van der Waals surface area contributed by atoms with Gasteiger partial charge < -0.3 is 20.3 Å². The number of aliphatic hydroxyl groups excluding tert-OH is 2. The Labute approximate surface area is 102 Å². The average Bonchev–Trinajstić information content (AvgIpc) is 2.35. The third-order valence-electron chi connectivity index (χ3n) is 2.78. The lowest BCUT2D eigenvalue weighted by Gasteiger charge is -2.31. The monoisotopic (exact) mass is 246 g/mol. The SMILES string of the molecule is O=C(CN1CCC(OCCO)CC1)NCCO. The molecule has 0 saturated carbocycles. The van der Waals surface area contributed by atoms with Crippen LogP contribution in [0.5, 0.6) is 0 Å². The van der Waals surface area contributed by atoms with E-state index in [1.54, 1.807) is 0 Å². The van der Waals surface area contributed by atoms with Crippen molar-refractivity contribution in [3.63, 3.8) is 0 Å². The van der Waals surface area contributed by atoms with Gasteiger partial charge in [0.15, 0.2) is 0 Å². The van der Waals surface area contributed by atoms with E-state index in [2.05, 4.69) is 10.2 Å². The van der Waals surface area contributed by atoms with Crippen LogP contribution >= 0.6 is 0 Å². The van der Waals surface area contributed by atoms with Crippen LogP contribution < -0.4 is 5.32 Å². The first kappa shape index (κ1) is 14.4. The Morgan fingerprint density at radius 2 is 2.00 bits per heavy atom. The summed E-state index contributed by atoms with van der Waals surface area (Å²) in [5.41, 5.74) is 0. The molecule has 0 aromatic rings. The fourth-order valence-electron chi connectivity index (χ4n) is 1.91. The van der Waals surface area contributed by atoms with E-state index in [0.717, 1.165) is 25.9 Å². The highest BCUT2D eigenvalue weighted by atomic mass is 16.5. The van der Waals surface area contributed by atoms with Gasteiger partial charge in [0.05, 0.1) is 32.5 Å². The summed E-state index contributed by atoms with van der Waals surface area (Å²) in [5.74, 6) is -0.0474. The van der Waals surface area contributed by atoms with E-state index in [1.807, 2.05) is 0 Å². The maximum Gasteiger partial charge on any atom is 0.234 e. The fraction of sp³-hybridized carbons (Fsp3) is 0.909. The molecule has 1 rings (SSSR count). The lowest BCUT2D eigenvalue weighted by atomic mass is 10.1. The predicted molar refractivity (Wildman–Crippen MR) is 62.6 cm³/mol. The molecule has 0 unspecified atom stereocenters. The van der Waals surface area contributed by atoms with E-state index in [0.29, 0.717) is 19.7 Å². The van der Waals surface area contributed by atoms with Crippen molar-refractivity contribution >= 4 is 5.91 Å². The maximum absolute atomic E-state index is 11.4. The van der Waals surface area contributed by atoms with Crippen molar-refractivity contribution in [3.05, 3.63) is 0 Å². The molecule has 0 aliphatic carbocycles. The van der Waals surface area contributed by atoms with Crippen molar-refractivity contribution in [1.82, 2.24) is 10.2 Å². The van der Waals surface area contributed by atoms with Crippen molar-refractivity contribution in [3.8, 4) is 0 Å². The summed E-state index contributed by atoms with van der Waals surface area (Å²) >= 11 is 0. The molecule has 1 aliphatic rings. The molecule has 17 heavy (non-hydrogen) atoms. The Bertz CT molecular complexity index is 218. The van der Waals surface area contributed by atoms with Crippen molar-refractivity contribution < 1.29 is 19.7 Å². The van der Waals surface area contributed by atoms with Crippen LogP contribution in [-0.4, -0.2) is 73.1 Å². The number of nitrogens with one attached hydrogen (secondary N) is 1. The number of hydrogen-bond acceptors (Lipinski definition) is 5. The van der Waals surface area contributed by atoms with Crippen LogP contribution in [0.1, 0.15) is 12.8 Å². The van der Waals surface area contributed by atoms with Gasteiger partial charge in [-0.25, -0.2) is 0 Å². The number of hydrogen-bond donors (Lipinski definition) is 3. The molecule has 1 fully saturated rings. The molecule has 0 spiro atoms. The van der Waals surface area contributed by atoms with Crippen LogP contribution in [0.3, 0.4) is 0 Å². The second-order valence-corrected chi connectivity index (χ2v) is 4.14. The van der Waals surface area contributed by atoms with Crippen LogP contribution in [0.4, 0.5) is 0 Å². The molecule has 0 radical (unpaired) electrons. The summed E-state index contributed by atoms with van der Waals surface area (Å²) < 4.78 is 5.44. The molecule has 1 heterocycles. The van der Waals surface area contributed by atoms with Gasteiger partial charge in [-0.1, -0.05) is 0 Å². The highest BCUT2D eigenvalue weighted by molar-refractivity contribution is 5.77. The summed E-state index contributed by atoms with van der Waals surface area (Å²) in [4.78, 5) is 13.5.